The standard InChI is InChI=1S/C11H17N3O2/c15-5-1-4-12-11(16)8-2-3-9-7-13-14-10(9)6-8/h7-8,15H,1-6H2,(H,12,16)(H,13,14). The second-order valence-electron chi connectivity index (χ2n) is 4.18. The maximum atomic E-state index is 11.8. The van der Waals surface area contributed by atoms with Crippen LogP contribution in [0.2, 0.25) is 0 Å². The van der Waals surface area contributed by atoms with Crippen LogP contribution in [0.3, 0.4) is 0 Å². The summed E-state index contributed by atoms with van der Waals surface area (Å²) in [6.45, 7) is 0.678. The molecule has 2 rings (SSSR count). The monoisotopic (exact) mass is 223 g/mol. The summed E-state index contributed by atoms with van der Waals surface area (Å²) in [4.78, 5) is 11.8. The number of rotatable bonds is 4. The van der Waals surface area contributed by atoms with Gasteiger partial charge in [-0.15, -0.1) is 0 Å². The molecule has 1 heterocycles. The molecule has 1 unspecified atom stereocenters. The molecule has 0 spiro atoms. The fraction of sp³-hybridized carbons (Fsp3) is 0.636. The Labute approximate surface area is 94.2 Å². The molecule has 5 nitrogen and oxygen atoms in total. The third kappa shape index (κ3) is 2.41. The largest absolute Gasteiger partial charge is 0.396 e. The lowest BCUT2D eigenvalue weighted by Crippen LogP contribution is -2.34. The Morgan fingerprint density at radius 1 is 1.69 bits per heavy atom. The molecule has 0 radical (unpaired) electrons. The van der Waals surface area contributed by atoms with Gasteiger partial charge in [-0.25, -0.2) is 0 Å². The first-order chi connectivity index (χ1) is 7.81. The molecule has 1 aliphatic rings. The molecule has 0 saturated carbocycles. The second-order valence-corrected chi connectivity index (χ2v) is 4.18. The molecule has 16 heavy (non-hydrogen) atoms. The predicted molar refractivity (Wildman–Crippen MR) is 58.8 cm³/mol. The van der Waals surface area contributed by atoms with Crippen LogP contribution in [0.15, 0.2) is 6.20 Å². The molecule has 1 aromatic rings. The SMILES string of the molecule is O=C(NCCCO)C1CCc2cn[nH]c2C1. The average molecular weight is 223 g/mol. The van der Waals surface area contributed by atoms with Gasteiger partial charge >= 0.3 is 0 Å². The Bertz CT molecular complexity index is 362. The second kappa shape index (κ2) is 5.12. The summed E-state index contributed by atoms with van der Waals surface area (Å²) in [6.07, 6.45) is 5.02. The number of aromatic nitrogens is 2. The molecule has 1 aliphatic carbocycles. The van der Waals surface area contributed by atoms with Crippen molar-refractivity contribution in [2.45, 2.75) is 25.7 Å². The predicted octanol–water partition coefficient (Wildman–Crippen LogP) is 0.0132. The van der Waals surface area contributed by atoms with Gasteiger partial charge in [0.2, 0.25) is 5.91 Å². The molecule has 88 valence electrons. The lowest BCUT2D eigenvalue weighted by Gasteiger charge is -2.20. The van der Waals surface area contributed by atoms with E-state index in [1.165, 1.54) is 5.56 Å². The molecule has 1 amide bonds. The van der Waals surface area contributed by atoms with Gasteiger partial charge in [-0.05, 0) is 24.8 Å². The number of aryl methyl sites for hydroxylation is 1. The van der Waals surface area contributed by atoms with Crippen molar-refractivity contribution in [3.05, 3.63) is 17.5 Å². The molecule has 0 fully saturated rings. The lowest BCUT2D eigenvalue weighted by atomic mass is 9.87. The molecular weight excluding hydrogens is 206 g/mol. The van der Waals surface area contributed by atoms with Crippen LogP contribution in [0.5, 0.6) is 0 Å². The Balaban J connectivity index is 1.86. The van der Waals surface area contributed by atoms with Gasteiger partial charge in [0.25, 0.3) is 0 Å². The van der Waals surface area contributed by atoms with Crippen molar-refractivity contribution in [3.8, 4) is 0 Å². The number of aromatic amines is 1. The van der Waals surface area contributed by atoms with Gasteiger partial charge in [-0.1, -0.05) is 0 Å². The molecule has 1 aromatic heterocycles. The normalized spacial score (nSPS) is 19.2. The fourth-order valence-corrected chi connectivity index (χ4v) is 2.07. The molecule has 3 N–H and O–H groups in total. The van der Waals surface area contributed by atoms with Crippen LogP contribution in [-0.4, -0.2) is 34.4 Å². The number of carbonyl (C=O) groups excluding carboxylic acids is 1. The van der Waals surface area contributed by atoms with Crippen LogP contribution in [0.1, 0.15) is 24.1 Å². The number of nitrogens with one attached hydrogen (secondary N) is 2. The zero-order chi connectivity index (χ0) is 11.4. The first kappa shape index (κ1) is 11.1. The van der Waals surface area contributed by atoms with Crippen molar-refractivity contribution in [3.63, 3.8) is 0 Å². The highest BCUT2D eigenvalue weighted by molar-refractivity contribution is 5.79. The van der Waals surface area contributed by atoms with Crippen LogP contribution in [0.25, 0.3) is 0 Å². The van der Waals surface area contributed by atoms with E-state index in [0.29, 0.717) is 13.0 Å². The highest BCUT2D eigenvalue weighted by atomic mass is 16.3. The van der Waals surface area contributed by atoms with E-state index in [9.17, 15) is 4.79 Å². The van der Waals surface area contributed by atoms with Crippen LogP contribution in [0, 0.1) is 5.92 Å². The molecule has 1 atom stereocenters. The van der Waals surface area contributed by atoms with E-state index < -0.39 is 0 Å². The van der Waals surface area contributed by atoms with Crippen LogP contribution < -0.4 is 5.32 Å². The first-order valence-electron chi connectivity index (χ1n) is 5.71. The highest BCUT2D eigenvalue weighted by Gasteiger charge is 2.25. The molecule has 5 heteroatoms. The third-order valence-corrected chi connectivity index (χ3v) is 3.03. The Kier molecular flexibility index (Phi) is 3.56. The van der Waals surface area contributed by atoms with Crippen molar-refractivity contribution in [1.82, 2.24) is 15.5 Å². The van der Waals surface area contributed by atoms with E-state index in [4.69, 9.17) is 5.11 Å². The van der Waals surface area contributed by atoms with Gasteiger partial charge in [0.1, 0.15) is 0 Å². The number of hydrogen-bond acceptors (Lipinski definition) is 3. The van der Waals surface area contributed by atoms with Gasteiger partial charge in [-0.3, -0.25) is 9.89 Å². The Morgan fingerprint density at radius 2 is 2.56 bits per heavy atom. The number of amides is 1. The van der Waals surface area contributed by atoms with E-state index in [2.05, 4.69) is 15.5 Å². The maximum absolute atomic E-state index is 11.8. The van der Waals surface area contributed by atoms with Crippen LogP contribution >= 0.6 is 0 Å². The number of nitrogens with zero attached hydrogens (tertiary/aromatic N) is 1. The van der Waals surface area contributed by atoms with Crippen molar-refractivity contribution >= 4 is 5.91 Å². The zero-order valence-corrected chi connectivity index (χ0v) is 9.20. The molecule has 0 aromatic carbocycles. The van der Waals surface area contributed by atoms with Crippen molar-refractivity contribution in [2.24, 2.45) is 5.92 Å². The number of carbonyl (C=O) groups is 1. The first-order valence-corrected chi connectivity index (χ1v) is 5.71. The minimum atomic E-state index is 0.0478. The minimum Gasteiger partial charge on any atom is -0.396 e. The summed E-state index contributed by atoms with van der Waals surface area (Å²) in [6, 6.07) is 0. The maximum Gasteiger partial charge on any atom is 0.223 e. The zero-order valence-electron chi connectivity index (χ0n) is 9.20. The van der Waals surface area contributed by atoms with Crippen LogP contribution in [0.4, 0.5) is 0 Å². The van der Waals surface area contributed by atoms with E-state index >= 15 is 0 Å². The van der Waals surface area contributed by atoms with E-state index in [1.807, 2.05) is 6.20 Å². The summed E-state index contributed by atoms with van der Waals surface area (Å²) >= 11 is 0. The summed E-state index contributed by atoms with van der Waals surface area (Å²) in [5, 5.41) is 18.4. The number of aliphatic hydroxyl groups is 1. The molecule has 0 bridgehead atoms. The van der Waals surface area contributed by atoms with E-state index in [-0.39, 0.29) is 18.4 Å². The Hall–Kier alpha value is -1.36. The van der Waals surface area contributed by atoms with Gasteiger partial charge in [0, 0.05) is 31.2 Å². The van der Waals surface area contributed by atoms with Crippen molar-refractivity contribution in [1.29, 1.82) is 0 Å². The average Bonchev–Trinajstić information content (AvgIpc) is 2.76. The molecule has 0 aliphatic heterocycles. The number of H-pyrrole nitrogens is 1. The third-order valence-electron chi connectivity index (χ3n) is 3.03. The summed E-state index contributed by atoms with van der Waals surface area (Å²) in [5.74, 6) is 0.139. The highest BCUT2D eigenvalue weighted by Crippen LogP contribution is 2.23. The van der Waals surface area contributed by atoms with Gasteiger partial charge < -0.3 is 10.4 Å². The summed E-state index contributed by atoms with van der Waals surface area (Å²) < 4.78 is 0. The van der Waals surface area contributed by atoms with Gasteiger partial charge in [-0.2, -0.15) is 5.10 Å². The van der Waals surface area contributed by atoms with Crippen molar-refractivity contribution < 1.29 is 9.90 Å². The smallest absolute Gasteiger partial charge is 0.223 e. The van der Waals surface area contributed by atoms with Crippen molar-refractivity contribution in [2.75, 3.05) is 13.2 Å². The molecule has 0 saturated heterocycles. The van der Waals surface area contributed by atoms with Gasteiger partial charge in [0.15, 0.2) is 0 Å². The number of aliphatic hydroxyl groups excluding tert-OH is 1. The van der Waals surface area contributed by atoms with E-state index in [1.54, 1.807) is 0 Å². The van der Waals surface area contributed by atoms with Crippen LogP contribution in [-0.2, 0) is 17.6 Å². The quantitative estimate of drug-likeness (QED) is 0.629. The van der Waals surface area contributed by atoms with Gasteiger partial charge in [0.05, 0.1) is 6.20 Å². The van der Waals surface area contributed by atoms with E-state index in [0.717, 1.165) is 25.0 Å². The lowest BCUT2D eigenvalue weighted by molar-refractivity contribution is -0.125. The topological polar surface area (TPSA) is 78.0 Å². The molecular formula is C11H17N3O2. The Morgan fingerprint density at radius 3 is 3.38 bits per heavy atom. The number of fused-ring (bicyclic) bond motifs is 1. The summed E-state index contributed by atoms with van der Waals surface area (Å²) in [5.41, 5.74) is 2.33. The number of hydrogen-bond donors (Lipinski definition) is 3. The summed E-state index contributed by atoms with van der Waals surface area (Å²) in [7, 11) is 0. The fourth-order valence-electron chi connectivity index (χ4n) is 2.07. The minimum absolute atomic E-state index is 0.0478.